The van der Waals surface area contributed by atoms with Crippen LogP contribution in [0.1, 0.15) is 25.1 Å². The molecule has 4 rings (SSSR count). The minimum atomic E-state index is -0.354. The van der Waals surface area contributed by atoms with Crippen LogP contribution in [0.25, 0.3) is 5.57 Å². The van der Waals surface area contributed by atoms with E-state index < -0.39 is 0 Å². The van der Waals surface area contributed by atoms with E-state index in [2.05, 4.69) is 29.0 Å². The van der Waals surface area contributed by atoms with Crippen molar-refractivity contribution in [2.24, 2.45) is 0 Å². The lowest BCUT2D eigenvalue weighted by atomic mass is 10.0. The molecule has 1 N–H and O–H groups in total. The number of carbonyl (C=O) groups excluding carboxylic acids is 2. The number of rotatable bonds is 8. The zero-order valence-corrected chi connectivity index (χ0v) is 18.3. The van der Waals surface area contributed by atoms with Gasteiger partial charge in [-0.1, -0.05) is 36.4 Å². The molecular formula is C26H26N4O2. The Morgan fingerprint density at radius 3 is 2.16 bits per heavy atom. The van der Waals surface area contributed by atoms with E-state index in [1.54, 1.807) is 18.3 Å². The second-order valence-electron chi connectivity index (χ2n) is 7.48. The van der Waals surface area contributed by atoms with Crippen LogP contribution in [-0.2, 0) is 16.1 Å². The van der Waals surface area contributed by atoms with Crippen molar-refractivity contribution in [2.45, 2.75) is 20.4 Å². The smallest absolute Gasteiger partial charge is 0.278 e. The second-order valence-corrected chi connectivity index (χ2v) is 7.48. The zero-order chi connectivity index (χ0) is 22.5. The average molecular weight is 427 g/mol. The summed E-state index contributed by atoms with van der Waals surface area (Å²) >= 11 is 0. The fraction of sp³-hybridized carbons (Fsp3) is 0.192. The first-order valence-electron chi connectivity index (χ1n) is 10.8. The molecular weight excluding hydrogens is 400 g/mol. The van der Waals surface area contributed by atoms with Crippen LogP contribution in [0.5, 0.6) is 0 Å². The van der Waals surface area contributed by atoms with Crippen LogP contribution in [0.3, 0.4) is 0 Å². The van der Waals surface area contributed by atoms with Gasteiger partial charge in [0.05, 0.1) is 17.8 Å². The number of nitrogens with one attached hydrogen (secondary N) is 1. The standard InChI is InChI=1S/C26H26N4O2/c1-3-29(4-2)22-15-13-20(14-16-22)28-24-23(19-10-6-5-7-11-19)25(31)30(26(24)32)18-21-12-8-9-17-27-21/h5-17,28H,3-4,18H2,1-2H3. The maximum Gasteiger partial charge on any atom is 0.278 e. The molecule has 32 heavy (non-hydrogen) atoms. The fourth-order valence-corrected chi connectivity index (χ4v) is 3.85. The van der Waals surface area contributed by atoms with Crippen molar-refractivity contribution in [2.75, 3.05) is 23.3 Å². The predicted octanol–water partition coefficient (Wildman–Crippen LogP) is 4.32. The van der Waals surface area contributed by atoms with Gasteiger partial charge in [-0.3, -0.25) is 19.5 Å². The molecule has 1 aromatic heterocycles. The van der Waals surface area contributed by atoms with Crippen molar-refractivity contribution >= 4 is 28.8 Å². The topological polar surface area (TPSA) is 65.5 Å². The van der Waals surface area contributed by atoms with Gasteiger partial charge in [-0.05, 0) is 55.8 Å². The number of benzene rings is 2. The van der Waals surface area contributed by atoms with E-state index >= 15 is 0 Å². The molecule has 2 heterocycles. The number of imide groups is 1. The van der Waals surface area contributed by atoms with Gasteiger partial charge in [0.15, 0.2) is 0 Å². The highest BCUT2D eigenvalue weighted by Crippen LogP contribution is 2.31. The Kier molecular flexibility index (Phi) is 6.31. The fourth-order valence-electron chi connectivity index (χ4n) is 3.85. The van der Waals surface area contributed by atoms with Crippen LogP contribution < -0.4 is 10.2 Å². The van der Waals surface area contributed by atoms with E-state index in [9.17, 15) is 9.59 Å². The number of aromatic nitrogens is 1. The Balaban J connectivity index is 1.67. The highest BCUT2D eigenvalue weighted by atomic mass is 16.2. The van der Waals surface area contributed by atoms with Crippen molar-refractivity contribution in [1.82, 2.24) is 9.88 Å². The molecule has 0 bridgehead atoms. The van der Waals surface area contributed by atoms with Gasteiger partial charge in [0.25, 0.3) is 11.8 Å². The number of hydrogen-bond acceptors (Lipinski definition) is 5. The van der Waals surface area contributed by atoms with Crippen LogP contribution in [0, 0.1) is 0 Å². The lowest BCUT2D eigenvalue weighted by Crippen LogP contribution is -2.32. The van der Waals surface area contributed by atoms with Gasteiger partial charge in [0, 0.05) is 30.7 Å². The second kappa shape index (κ2) is 9.47. The molecule has 0 fully saturated rings. The number of anilines is 2. The monoisotopic (exact) mass is 426 g/mol. The Bertz CT molecular complexity index is 1120. The first-order chi connectivity index (χ1) is 15.6. The van der Waals surface area contributed by atoms with Gasteiger partial charge in [-0.2, -0.15) is 0 Å². The summed E-state index contributed by atoms with van der Waals surface area (Å²) in [7, 11) is 0. The van der Waals surface area contributed by atoms with Crippen LogP contribution >= 0.6 is 0 Å². The Hall–Kier alpha value is -3.93. The van der Waals surface area contributed by atoms with E-state index in [0.717, 1.165) is 24.5 Å². The summed E-state index contributed by atoms with van der Waals surface area (Å²) in [5.41, 5.74) is 3.89. The van der Waals surface area contributed by atoms with Crippen molar-refractivity contribution in [1.29, 1.82) is 0 Å². The minimum Gasteiger partial charge on any atom is -0.372 e. The predicted molar refractivity (Wildman–Crippen MR) is 127 cm³/mol. The van der Waals surface area contributed by atoms with Gasteiger partial charge >= 0.3 is 0 Å². The summed E-state index contributed by atoms with van der Waals surface area (Å²) in [6.07, 6.45) is 1.66. The summed E-state index contributed by atoms with van der Waals surface area (Å²) in [6, 6.07) is 22.6. The Labute approximate surface area is 188 Å². The average Bonchev–Trinajstić information content (AvgIpc) is 3.06. The Morgan fingerprint density at radius 2 is 1.53 bits per heavy atom. The molecule has 0 saturated carbocycles. The SMILES string of the molecule is CCN(CC)c1ccc(NC2=C(c3ccccc3)C(=O)N(Cc3ccccn3)C2=O)cc1. The van der Waals surface area contributed by atoms with Crippen LogP contribution in [-0.4, -0.2) is 34.8 Å². The molecule has 162 valence electrons. The molecule has 0 saturated heterocycles. The third-order valence-electron chi connectivity index (χ3n) is 5.54. The molecule has 2 amide bonds. The molecule has 0 aliphatic carbocycles. The third kappa shape index (κ3) is 4.25. The summed E-state index contributed by atoms with van der Waals surface area (Å²) < 4.78 is 0. The molecule has 0 radical (unpaired) electrons. The third-order valence-corrected chi connectivity index (χ3v) is 5.54. The van der Waals surface area contributed by atoms with Gasteiger partial charge < -0.3 is 10.2 Å². The first kappa shape index (κ1) is 21.3. The van der Waals surface area contributed by atoms with E-state index in [1.165, 1.54) is 4.90 Å². The van der Waals surface area contributed by atoms with Gasteiger partial charge in [-0.25, -0.2) is 0 Å². The summed E-state index contributed by atoms with van der Waals surface area (Å²) in [5, 5.41) is 3.22. The van der Waals surface area contributed by atoms with Crippen LogP contribution in [0.15, 0.2) is 84.7 Å². The molecule has 3 aromatic rings. The molecule has 0 atom stereocenters. The summed E-state index contributed by atoms with van der Waals surface area (Å²) in [4.78, 5) is 34.4. The van der Waals surface area contributed by atoms with E-state index in [1.807, 2.05) is 60.7 Å². The van der Waals surface area contributed by atoms with Gasteiger partial charge in [0.2, 0.25) is 0 Å². The van der Waals surface area contributed by atoms with Crippen molar-refractivity contribution in [3.8, 4) is 0 Å². The highest BCUT2D eigenvalue weighted by Gasteiger charge is 2.39. The largest absolute Gasteiger partial charge is 0.372 e. The number of pyridine rings is 1. The van der Waals surface area contributed by atoms with Crippen LogP contribution in [0.4, 0.5) is 11.4 Å². The quantitative estimate of drug-likeness (QED) is 0.544. The zero-order valence-electron chi connectivity index (χ0n) is 18.3. The summed E-state index contributed by atoms with van der Waals surface area (Å²) in [5.74, 6) is -0.679. The number of carbonyl (C=O) groups is 2. The Morgan fingerprint density at radius 1 is 0.844 bits per heavy atom. The molecule has 6 nitrogen and oxygen atoms in total. The molecule has 6 heteroatoms. The lowest BCUT2D eigenvalue weighted by molar-refractivity contribution is -0.137. The number of amides is 2. The van der Waals surface area contributed by atoms with Crippen molar-refractivity contribution in [3.63, 3.8) is 0 Å². The van der Waals surface area contributed by atoms with Crippen molar-refractivity contribution < 1.29 is 9.59 Å². The van der Waals surface area contributed by atoms with Gasteiger partial charge in [0.1, 0.15) is 5.70 Å². The summed E-state index contributed by atoms with van der Waals surface area (Å²) in [6.45, 7) is 6.20. The highest BCUT2D eigenvalue weighted by molar-refractivity contribution is 6.36. The molecule has 0 spiro atoms. The molecule has 1 aliphatic rings. The first-order valence-corrected chi connectivity index (χ1v) is 10.8. The van der Waals surface area contributed by atoms with Crippen molar-refractivity contribution in [3.05, 3.63) is 95.9 Å². The van der Waals surface area contributed by atoms with E-state index in [4.69, 9.17) is 0 Å². The lowest BCUT2D eigenvalue weighted by Gasteiger charge is -2.21. The van der Waals surface area contributed by atoms with E-state index in [0.29, 0.717) is 16.8 Å². The molecule has 2 aromatic carbocycles. The van der Waals surface area contributed by atoms with Gasteiger partial charge in [-0.15, -0.1) is 0 Å². The number of nitrogens with zero attached hydrogens (tertiary/aromatic N) is 3. The van der Waals surface area contributed by atoms with Crippen LogP contribution in [0.2, 0.25) is 0 Å². The number of hydrogen-bond donors (Lipinski definition) is 1. The minimum absolute atomic E-state index is 0.126. The maximum absolute atomic E-state index is 13.3. The normalized spacial score (nSPS) is 13.6. The molecule has 1 aliphatic heterocycles. The van der Waals surface area contributed by atoms with E-state index in [-0.39, 0.29) is 24.1 Å². The molecule has 0 unspecified atom stereocenters. The maximum atomic E-state index is 13.3.